The molecule has 196 valence electrons. The van der Waals surface area contributed by atoms with Crippen molar-refractivity contribution in [3.8, 4) is 28.4 Å². The monoisotopic (exact) mass is 513 g/mol. The fraction of sp³-hybridized carbons (Fsp3) is 0.323. The van der Waals surface area contributed by atoms with E-state index < -0.39 is 0 Å². The van der Waals surface area contributed by atoms with Crippen molar-refractivity contribution >= 4 is 11.7 Å². The number of carbonyl (C=O) groups excluding carboxylic acids is 1. The van der Waals surface area contributed by atoms with Crippen molar-refractivity contribution in [2.24, 2.45) is 0 Å². The number of ether oxygens (including phenoxy) is 5. The molecule has 0 N–H and O–H groups in total. The largest absolute Gasteiger partial charge is 0.493 e. The van der Waals surface area contributed by atoms with Gasteiger partial charge >= 0.3 is 6.09 Å². The van der Waals surface area contributed by atoms with Crippen LogP contribution >= 0.6 is 0 Å². The van der Waals surface area contributed by atoms with Gasteiger partial charge in [-0.25, -0.2) is 4.79 Å². The number of fused-ring (bicyclic) bond motifs is 5. The van der Waals surface area contributed by atoms with Crippen LogP contribution in [0.3, 0.4) is 0 Å². The van der Waals surface area contributed by atoms with Gasteiger partial charge in [-0.05, 0) is 51.9 Å². The second-order valence-electron chi connectivity index (χ2n) is 9.78. The van der Waals surface area contributed by atoms with Crippen LogP contribution in [0.25, 0.3) is 16.7 Å². The predicted octanol–water partition coefficient (Wildman–Crippen LogP) is 5.52. The van der Waals surface area contributed by atoms with Gasteiger partial charge in [0.1, 0.15) is 6.61 Å². The lowest BCUT2D eigenvalue weighted by Gasteiger charge is -2.44. The van der Waals surface area contributed by atoms with E-state index in [0.29, 0.717) is 43.5 Å². The van der Waals surface area contributed by atoms with E-state index in [9.17, 15) is 4.79 Å². The molecule has 2 heterocycles. The fourth-order valence-electron chi connectivity index (χ4n) is 6.03. The molecule has 7 heteroatoms. The summed E-state index contributed by atoms with van der Waals surface area (Å²) in [7, 11) is 4.81. The van der Waals surface area contributed by atoms with Gasteiger partial charge in [0.15, 0.2) is 11.5 Å². The Bertz CT molecular complexity index is 1330. The molecule has 0 saturated carbocycles. The van der Waals surface area contributed by atoms with Crippen molar-refractivity contribution in [3.63, 3.8) is 0 Å². The van der Waals surface area contributed by atoms with Crippen molar-refractivity contribution in [1.82, 2.24) is 4.90 Å². The summed E-state index contributed by atoms with van der Waals surface area (Å²) in [5.41, 5.74) is 6.92. The fourth-order valence-corrected chi connectivity index (χ4v) is 6.03. The maximum absolute atomic E-state index is 13.5. The van der Waals surface area contributed by atoms with Gasteiger partial charge in [0.05, 0.1) is 46.6 Å². The zero-order valence-corrected chi connectivity index (χ0v) is 21.8. The lowest BCUT2D eigenvalue weighted by atomic mass is 9.89. The van der Waals surface area contributed by atoms with E-state index in [1.165, 1.54) is 22.3 Å². The lowest BCUT2D eigenvalue weighted by Crippen LogP contribution is -2.56. The summed E-state index contributed by atoms with van der Waals surface area (Å²) in [6.45, 7) is 1.18. The van der Waals surface area contributed by atoms with Crippen molar-refractivity contribution in [2.45, 2.75) is 24.4 Å². The molecule has 3 aliphatic rings. The molecule has 2 atom stereocenters. The van der Waals surface area contributed by atoms with Crippen molar-refractivity contribution < 1.29 is 28.5 Å². The SMILES string of the molecule is COc1cc(C2=CC3COCC(C2)N3C(=O)OCC2c3ccccc3-c3ccccc32)cc(OC)c1OC. The van der Waals surface area contributed by atoms with Gasteiger partial charge in [-0.2, -0.15) is 0 Å². The van der Waals surface area contributed by atoms with Crippen LogP contribution in [0.1, 0.15) is 29.0 Å². The third-order valence-electron chi connectivity index (χ3n) is 7.78. The van der Waals surface area contributed by atoms with Gasteiger partial charge in [-0.15, -0.1) is 0 Å². The Hall–Kier alpha value is -3.97. The smallest absolute Gasteiger partial charge is 0.410 e. The van der Waals surface area contributed by atoms with E-state index >= 15 is 0 Å². The normalized spacial score (nSPS) is 19.8. The molecule has 0 radical (unpaired) electrons. The lowest BCUT2D eigenvalue weighted by molar-refractivity contribution is -0.0331. The van der Waals surface area contributed by atoms with Gasteiger partial charge in [0.25, 0.3) is 0 Å². The molecular formula is C31H31NO6. The van der Waals surface area contributed by atoms with E-state index in [1.54, 1.807) is 21.3 Å². The van der Waals surface area contributed by atoms with E-state index in [1.807, 2.05) is 29.2 Å². The number of nitrogens with zero attached hydrogens (tertiary/aromatic N) is 1. The standard InChI is InChI=1S/C31H31NO6/c1-34-28-14-20(15-29(35-2)30(28)36-3)19-12-21-16-37-17-22(13-19)32(21)31(33)38-18-27-25-10-6-4-8-23(25)24-9-5-7-11-26(24)27/h4-12,14-15,21-22,27H,13,16-18H2,1-3H3. The van der Waals surface area contributed by atoms with Gasteiger partial charge in [0, 0.05) is 5.92 Å². The molecule has 0 spiro atoms. The quantitative estimate of drug-likeness (QED) is 0.433. The summed E-state index contributed by atoms with van der Waals surface area (Å²) in [6.07, 6.45) is 2.43. The van der Waals surface area contributed by atoms with Crippen molar-refractivity contribution in [3.05, 3.63) is 83.4 Å². The summed E-state index contributed by atoms with van der Waals surface area (Å²) < 4.78 is 28.4. The highest BCUT2D eigenvalue weighted by Crippen LogP contribution is 2.45. The summed E-state index contributed by atoms with van der Waals surface area (Å²) >= 11 is 0. The Kier molecular flexibility index (Phi) is 6.45. The van der Waals surface area contributed by atoms with Crippen LogP contribution in [0.4, 0.5) is 4.79 Å². The Morgan fingerprint density at radius 1 is 0.895 bits per heavy atom. The number of hydrogen-bond acceptors (Lipinski definition) is 6. The molecule has 2 bridgehead atoms. The summed E-state index contributed by atoms with van der Waals surface area (Å²) in [5.74, 6) is 1.78. The molecular weight excluding hydrogens is 482 g/mol. The van der Waals surface area contributed by atoms with E-state index in [0.717, 1.165) is 11.1 Å². The molecule has 1 amide bonds. The molecule has 38 heavy (non-hydrogen) atoms. The topological polar surface area (TPSA) is 66.5 Å². The maximum Gasteiger partial charge on any atom is 0.410 e. The average Bonchev–Trinajstić information content (AvgIpc) is 3.27. The van der Waals surface area contributed by atoms with Crippen LogP contribution < -0.4 is 14.2 Å². The Balaban J connectivity index is 1.23. The zero-order valence-electron chi connectivity index (χ0n) is 21.8. The summed E-state index contributed by atoms with van der Waals surface area (Å²) in [6, 6.07) is 20.3. The number of benzene rings is 3. The van der Waals surface area contributed by atoms with Gasteiger partial charge < -0.3 is 23.7 Å². The maximum atomic E-state index is 13.5. The second-order valence-corrected chi connectivity index (χ2v) is 9.78. The summed E-state index contributed by atoms with van der Waals surface area (Å²) in [4.78, 5) is 15.3. The first-order chi connectivity index (χ1) is 18.6. The first-order valence-electron chi connectivity index (χ1n) is 12.8. The van der Waals surface area contributed by atoms with Gasteiger partial charge in [-0.1, -0.05) is 54.6 Å². The minimum atomic E-state index is -0.301. The predicted molar refractivity (Wildman–Crippen MR) is 144 cm³/mol. The van der Waals surface area contributed by atoms with E-state index in [-0.39, 0.29) is 24.1 Å². The van der Waals surface area contributed by atoms with E-state index in [4.69, 9.17) is 23.7 Å². The third-order valence-corrected chi connectivity index (χ3v) is 7.78. The Morgan fingerprint density at radius 2 is 1.53 bits per heavy atom. The van der Waals surface area contributed by atoms with Crippen LogP contribution in [-0.4, -0.2) is 64.2 Å². The molecule has 1 fully saturated rings. The molecule has 1 saturated heterocycles. The average molecular weight is 514 g/mol. The van der Waals surface area contributed by atoms with Crippen molar-refractivity contribution in [2.75, 3.05) is 41.2 Å². The molecule has 0 aromatic heterocycles. The van der Waals surface area contributed by atoms with Crippen LogP contribution in [0.15, 0.2) is 66.7 Å². The molecule has 1 aliphatic carbocycles. The zero-order chi connectivity index (χ0) is 26.2. The molecule has 7 nitrogen and oxygen atoms in total. The van der Waals surface area contributed by atoms with Gasteiger partial charge in [-0.3, -0.25) is 4.90 Å². The Morgan fingerprint density at radius 3 is 2.11 bits per heavy atom. The summed E-state index contributed by atoms with van der Waals surface area (Å²) in [5, 5.41) is 0. The number of methoxy groups -OCH3 is 3. The number of amides is 1. The van der Waals surface area contributed by atoms with Crippen LogP contribution in [0.2, 0.25) is 0 Å². The Labute approximate surface area is 222 Å². The molecule has 2 unspecified atom stereocenters. The molecule has 3 aromatic carbocycles. The highest BCUT2D eigenvalue weighted by atomic mass is 16.6. The first kappa shape index (κ1) is 24.4. The highest BCUT2D eigenvalue weighted by molar-refractivity contribution is 5.80. The number of carbonyl (C=O) groups is 1. The van der Waals surface area contributed by atoms with Crippen LogP contribution in [0.5, 0.6) is 17.2 Å². The minimum Gasteiger partial charge on any atom is -0.493 e. The van der Waals surface area contributed by atoms with E-state index in [2.05, 4.69) is 42.5 Å². The first-order valence-corrected chi connectivity index (χ1v) is 12.8. The third kappa shape index (κ3) is 4.07. The molecule has 3 aromatic rings. The van der Waals surface area contributed by atoms with Crippen LogP contribution in [0, 0.1) is 0 Å². The van der Waals surface area contributed by atoms with Crippen LogP contribution in [-0.2, 0) is 9.47 Å². The molecule has 6 rings (SSSR count). The molecule has 2 aliphatic heterocycles. The number of morpholine rings is 1. The van der Waals surface area contributed by atoms with Crippen molar-refractivity contribution in [1.29, 1.82) is 0 Å². The van der Waals surface area contributed by atoms with Gasteiger partial charge in [0.2, 0.25) is 5.75 Å². The minimum absolute atomic E-state index is 0.0255. The second kappa shape index (κ2) is 10.1. The highest BCUT2D eigenvalue weighted by Gasteiger charge is 2.40. The number of hydrogen-bond donors (Lipinski definition) is 0. The number of rotatable bonds is 6.